The van der Waals surface area contributed by atoms with E-state index in [1.165, 1.54) is 55.4 Å². The molecule has 0 bridgehead atoms. The van der Waals surface area contributed by atoms with Crippen LogP contribution in [0, 0.1) is 70.8 Å². The van der Waals surface area contributed by atoms with Gasteiger partial charge in [-0.3, -0.25) is 38.8 Å². The summed E-state index contributed by atoms with van der Waals surface area (Å²) in [6.07, 6.45) is -57.8. The van der Waals surface area contributed by atoms with Crippen molar-refractivity contribution in [1.29, 1.82) is 0 Å². The molecule has 8 aliphatic heterocycles. The molecule has 672 valence electrons. The van der Waals surface area contributed by atoms with Gasteiger partial charge < -0.3 is 79.8 Å². The summed E-state index contributed by atoms with van der Waals surface area (Å²) in [6.45, 7) is -33.1. The van der Waals surface area contributed by atoms with E-state index in [0.29, 0.717) is 27.7 Å². The van der Waals surface area contributed by atoms with E-state index in [0.717, 1.165) is 42.7 Å². The SMILES string of the molecule is [2H]c1c(OC)c(OC([2H])([2H])[2H])c([2H])c2c1C1N(C([2H])([2H])C2([2H])[2H])C([2H])([2H])C([2H])(C([2H])([2H])C([2H])(C)C([2H])([2H])[2H])C(OC(=O)[C@@H](N)C(C)C)C1([2H])[2H].[2H]c1c(OC)c(OC([2H])([2H])[2H])c([2H])c2c1C1N(C([2H])([2H])C2([2H])[2H])C([2H])([2H])C([2H])(C([2H])([2H])C([2H])(C)C([2H])([2H])[2H])C(OC(=O)[C@@H](N)C(C)C)C1([2H])[2H].[2H]c1c(OC)c(OC)c([2H])c2c1C1N(C([2H])([2H])C2([2H])[2H])C([2H])([2H])C([2H])(C([2H])([2H])C([2H])(C)C([2H])([2H])[2H])C(OC(=O)[C@@H](N)C(C)C)C1([2H])[2H].[2H]c1c(OC)c(OC)c([2H])c2c1C1N(C([2H])([2H])C2([2H])[2H])C([2H])([2H])C([2H])(C([2H])([2H])C([2H])(C)C([2H])([2H])[2H])C(OC(=O)[C@@H](N)C(C)C)C1([2H])[2H]. The van der Waals surface area contributed by atoms with Crippen LogP contribution in [0.2, 0.25) is 0 Å². The van der Waals surface area contributed by atoms with E-state index >= 15 is 0 Å². The number of nitrogens with zero attached hydrogens (tertiary/aromatic N) is 4. The maximum absolute atomic E-state index is 13.3. The quantitative estimate of drug-likeness (QED) is 0.0303. The fourth-order valence-corrected chi connectivity index (χ4v) is 11.5. The zero-order valence-corrected chi connectivity index (χ0v) is 68.9. The summed E-state index contributed by atoms with van der Waals surface area (Å²) in [7, 11) is -0.765. The fraction of sp³-hybridized carbons (Fsp3) is 0.708. The summed E-state index contributed by atoms with van der Waals surface area (Å²) in [5, 5.41) is 0. The highest BCUT2D eigenvalue weighted by atomic mass is 16.6. The van der Waals surface area contributed by atoms with Crippen LogP contribution in [0.5, 0.6) is 46.0 Å². The molecule has 0 aliphatic carbocycles. The number of fused-ring (bicyclic) bond motifs is 12. The first-order valence-corrected chi connectivity index (χ1v) is 36.9. The van der Waals surface area contributed by atoms with Crippen LogP contribution in [-0.2, 0) is 63.6 Å². The normalized spacial score (nSPS) is 46.2. The molecule has 24 nitrogen and oxygen atoms in total. The van der Waals surface area contributed by atoms with Crippen LogP contribution in [0.3, 0.4) is 0 Å². The number of esters is 4. The Morgan fingerprint density at radius 3 is 0.733 bits per heavy atom. The van der Waals surface area contributed by atoms with Crippen molar-refractivity contribution in [3.05, 3.63) is 92.8 Å². The third kappa shape index (κ3) is 23.8. The van der Waals surface area contributed by atoms with E-state index < -0.39 is 476 Å². The summed E-state index contributed by atoms with van der Waals surface area (Å²) >= 11 is 0. The molecule has 0 spiro atoms. The molecule has 0 radical (unpaired) electrons. The minimum atomic E-state index is -4.16. The van der Waals surface area contributed by atoms with Gasteiger partial charge in [0.25, 0.3) is 0 Å². The summed E-state index contributed by atoms with van der Waals surface area (Å²) in [5.74, 6) is -45.5. The summed E-state index contributed by atoms with van der Waals surface area (Å²) in [4.78, 5) is 52.4. The second-order valence-corrected chi connectivity index (χ2v) is 28.4. The number of benzene rings is 4. The van der Waals surface area contributed by atoms with Crippen molar-refractivity contribution in [1.82, 2.24) is 19.6 Å². The number of ether oxygens (including phenoxy) is 12. The van der Waals surface area contributed by atoms with E-state index in [9.17, 15) is 46.6 Å². The summed E-state index contributed by atoms with van der Waals surface area (Å²) in [5.41, 5.74) is 15.5. The summed E-state index contributed by atoms with van der Waals surface area (Å²) in [6, 6.07) is -25.3. The van der Waals surface area contributed by atoms with Gasteiger partial charge in [-0.05, 0) is 191 Å². The van der Waals surface area contributed by atoms with E-state index in [1.807, 2.05) is 0 Å². The lowest BCUT2D eigenvalue weighted by Crippen LogP contribution is -2.51. The Bertz CT molecular complexity index is 7220. The van der Waals surface area contributed by atoms with Gasteiger partial charge in [0.15, 0.2) is 46.0 Å². The number of piperidine rings is 4. The lowest BCUT2D eigenvalue weighted by Gasteiger charge is -2.47. The van der Waals surface area contributed by atoms with Crippen LogP contribution in [0.4, 0.5) is 0 Å². The minimum absolute atomic E-state index is 0.168. The van der Waals surface area contributed by atoms with E-state index in [1.54, 1.807) is 0 Å². The molecule has 4 saturated heterocycles. The van der Waals surface area contributed by atoms with Gasteiger partial charge in [-0.25, -0.2) is 0 Å². The highest BCUT2D eigenvalue weighted by Gasteiger charge is 2.47. The molecule has 120 heavy (non-hydrogen) atoms. The van der Waals surface area contributed by atoms with E-state index in [4.69, 9.17) is 154 Å². The molecule has 12 rings (SSSR count). The summed E-state index contributed by atoms with van der Waals surface area (Å²) < 4.78 is 705. The van der Waals surface area contributed by atoms with Crippen molar-refractivity contribution in [2.45, 2.75) is 260 Å². The Labute approximate surface area is 822 Å². The van der Waals surface area contributed by atoms with E-state index in [-0.39, 0.29) is 19.6 Å². The Morgan fingerprint density at radius 1 is 0.367 bits per heavy atom. The topological polar surface area (TPSA) is 296 Å². The molecular weight excluding hydrogens is 1520 g/mol. The second-order valence-electron chi connectivity index (χ2n) is 28.4. The zero-order chi connectivity index (χ0) is 153. The molecule has 8 N–H and O–H groups in total. The lowest BCUT2D eigenvalue weighted by atomic mass is 9.79. The molecule has 4 aromatic carbocycles. The molecule has 0 amide bonds. The van der Waals surface area contributed by atoms with Crippen molar-refractivity contribution < 1.29 is 177 Å². The largest absolute Gasteiger partial charge is 0.493 e. The van der Waals surface area contributed by atoms with Crippen LogP contribution in [0.1, 0.15) is 332 Å². The Morgan fingerprint density at radius 2 is 0.558 bits per heavy atom. The molecule has 16 unspecified atom stereocenters. The first kappa shape index (κ1) is 37.2. The standard InChI is InChI=1S/4C24H38N2O4/c4*1-14(2)9-17-13-26-8-7-16-10-21(28-5)22(29-6)11-18(16)19(26)12-20(17)30-24(27)23(25)15(3)4/h4*10-11,14-15,17,19-20,23H,7-9,12-13,25H2,1-6H3/t4*17?,19?,20?,23-/m0000/s1/i2*1D3,5D3,7D2,8D2,9D2,10D,11D,12D2,13D2,14D,17D;2*1D3,7D2,8D2,9D2,10D,11D,12D2,13D2,14D,17D/t4*14?,17?,19?,20?,23-. The van der Waals surface area contributed by atoms with Crippen LogP contribution in [0.15, 0.2) is 48.3 Å². The van der Waals surface area contributed by atoms with Crippen molar-refractivity contribution in [3.8, 4) is 46.0 Å². The highest BCUT2D eigenvalue weighted by molar-refractivity contribution is 5.77. The first-order valence-electron chi connectivity index (χ1n) is 73.9. The molecular formula is C96H152N8O16. The van der Waals surface area contributed by atoms with Gasteiger partial charge in [0.1, 0.15) is 48.6 Å². The fourth-order valence-electron chi connectivity index (χ4n) is 11.5. The van der Waals surface area contributed by atoms with Crippen LogP contribution < -0.4 is 60.8 Å². The second kappa shape index (κ2) is 43.9. The van der Waals surface area contributed by atoms with Crippen molar-refractivity contribution in [3.63, 3.8) is 0 Å². The molecule has 20 atom stereocenters. The maximum atomic E-state index is 13.3. The Kier molecular flexibility index (Phi) is 13.6. The third-order valence-corrected chi connectivity index (χ3v) is 18.0. The molecule has 4 fully saturated rings. The van der Waals surface area contributed by atoms with Crippen molar-refractivity contribution in [2.75, 3.05) is 109 Å². The lowest BCUT2D eigenvalue weighted by molar-refractivity contribution is -0.161. The van der Waals surface area contributed by atoms with Gasteiger partial charge in [-0.1, -0.05) is 110 Å². The van der Waals surface area contributed by atoms with Gasteiger partial charge >= 0.3 is 23.9 Å². The number of nitrogens with two attached hydrogens (primary N) is 4. The van der Waals surface area contributed by atoms with Crippen LogP contribution in [-0.4, -0.2) is 201 Å². The predicted molar refractivity (Wildman–Crippen MR) is 471 cm³/mol. The van der Waals surface area contributed by atoms with Crippen molar-refractivity contribution >= 4 is 23.9 Å². The average Bonchev–Trinajstić information content (AvgIpc) is 0.654. The zero-order valence-electron chi connectivity index (χ0n) is 143. The predicted octanol–water partition coefficient (Wildman–Crippen LogP) is 14.3. The molecule has 8 heterocycles. The number of hydrogen-bond donors (Lipinski definition) is 4. The smallest absolute Gasteiger partial charge is 0.323 e. The molecule has 24 heteroatoms. The number of rotatable bonds is 28. The highest BCUT2D eigenvalue weighted by Crippen LogP contribution is 2.50. The van der Waals surface area contributed by atoms with Gasteiger partial charge in [-0.2, -0.15) is 0 Å². The monoisotopic (exact) mass is 1750 g/mol. The van der Waals surface area contributed by atoms with Gasteiger partial charge in [-0.15, -0.1) is 0 Å². The maximum Gasteiger partial charge on any atom is 0.323 e. The first-order chi connectivity index (χ1) is 85.6. The number of carbonyl (C=O) groups is 4. The van der Waals surface area contributed by atoms with E-state index in [2.05, 4.69) is 0 Å². The number of hydrogen-bond acceptors (Lipinski definition) is 24. The van der Waals surface area contributed by atoms with Crippen LogP contribution in [0.25, 0.3) is 0 Å². The van der Waals surface area contributed by atoms with Crippen molar-refractivity contribution in [2.24, 2.45) is 93.8 Å². The van der Waals surface area contributed by atoms with Crippen LogP contribution >= 0.6 is 0 Å². The van der Waals surface area contributed by atoms with Gasteiger partial charge in [0.05, 0.1) is 75.9 Å². The van der Waals surface area contributed by atoms with Gasteiger partial charge in [0, 0.05) is 207 Å². The molecule has 0 saturated carbocycles. The van der Waals surface area contributed by atoms with Gasteiger partial charge in [0.2, 0.25) is 0 Å². The molecule has 8 aliphatic rings. The number of carbonyl (C=O) groups excluding carboxylic acids is 4. The Balaban J connectivity index is 0.000000281. The molecule has 0 aromatic heterocycles. The molecule has 4 aromatic rings. The Hall–Kier alpha value is -7.16. The average molecular weight is 1750 g/mol. The number of methoxy groups -OCH3 is 8. The minimum Gasteiger partial charge on any atom is -0.493 e. The third-order valence-electron chi connectivity index (χ3n) is 18.0.